The van der Waals surface area contributed by atoms with Crippen LogP contribution in [-0.4, -0.2) is 197 Å². The molecule has 0 aliphatic carbocycles. The van der Waals surface area contributed by atoms with Crippen LogP contribution in [0, 0.1) is 11.8 Å². The summed E-state index contributed by atoms with van der Waals surface area (Å²) in [5.74, 6) is -2.12. The fourth-order valence-corrected chi connectivity index (χ4v) is 11.1. The van der Waals surface area contributed by atoms with Crippen molar-refractivity contribution in [3.8, 4) is 0 Å². The molecule has 0 bridgehead atoms. The van der Waals surface area contributed by atoms with Gasteiger partial charge >= 0.3 is 0 Å². The lowest BCUT2D eigenvalue weighted by Crippen LogP contribution is -2.54. The second kappa shape index (κ2) is 47.6. The van der Waals surface area contributed by atoms with Crippen molar-refractivity contribution >= 4 is 41.9 Å². The monoisotopic (exact) mass is 1150 g/mol. The maximum Gasteiger partial charge on any atom is 0.242 e. The summed E-state index contributed by atoms with van der Waals surface area (Å²) in [5, 5.41) is 0. The van der Waals surface area contributed by atoms with E-state index in [0.717, 1.165) is 103 Å². The van der Waals surface area contributed by atoms with Crippen molar-refractivity contribution in [2.45, 2.75) is 275 Å². The van der Waals surface area contributed by atoms with Gasteiger partial charge in [0.15, 0.2) is 0 Å². The molecule has 16 nitrogen and oxygen atoms in total. The Bertz CT molecular complexity index is 1660. The van der Waals surface area contributed by atoms with Gasteiger partial charge in [0, 0.05) is 76.5 Å². The van der Waals surface area contributed by atoms with Gasteiger partial charge < -0.3 is 35.1 Å². The lowest BCUT2D eigenvalue weighted by Gasteiger charge is -2.36. The summed E-state index contributed by atoms with van der Waals surface area (Å²) in [7, 11) is 0. The van der Waals surface area contributed by atoms with Crippen molar-refractivity contribution in [2.75, 3.05) is 91.6 Å². The highest BCUT2D eigenvalue weighted by atomic mass is 16.2. The molecule has 0 saturated heterocycles. The van der Waals surface area contributed by atoms with Crippen LogP contribution in [0.25, 0.3) is 0 Å². The van der Waals surface area contributed by atoms with Crippen LogP contribution in [0.5, 0.6) is 0 Å². The van der Waals surface area contributed by atoms with Gasteiger partial charge in [-0.2, -0.15) is 0 Å². The first-order valence-electron chi connectivity index (χ1n) is 33.0. The molecule has 2 unspecified atom stereocenters. The Morgan fingerprint density at radius 3 is 0.975 bits per heavy atom. The van der Waals surface area contributed by atoms with E-state index in [0.29, 0.717) is 45.7 Å². The number of primary amides is 1. The van der Waals surface area contributed by atoms with Crippen molar-refractivity contribution < 1.29 is 33.6 Å². The summed E-state index contributed by atoms with van der Waals surface area (Å²) >= 11 is 0. The molecule has 0 heterocycles. The molecule has 81 heavy (non-hydrogen) atoms. The quantitative estimate of drug-likeness (QED) is 0.0460. The van der Waals surface area contributed by atoms with Gasteiger partial charge in [0.05, 0.1) is 39.3 Å². The molecule has 0 fully saturated rings. The number of carbonyl (C=O) groups excluding carboxylic acids is 7. The standard InChI is InChI=1S/C65H127N9O7/c1-15-21-25-27-29-31-33-35-39-67(53-75)48-61(77)71(45-58(19-5)37-23-17-3)51-63(79)68(40-36-34-32-30-28-26-22-16-2)50-65(81)72(46-59(20-6)38-24-18-4)52-64(80)70(42-44-74(56(11)12)57(13)14)49-62(78)69(47-60(66)76)41-43-73(54(7)8)55(9)10/h53-59H,15-52H2,1-14H3,(H2,66,76). The lowest BCUT2D eigenvalue weighted by atomic mass is 9.98. The molecule has 474 valence electrons. The molecule has 0 aliphatic heterocycles. The molecule has 0 aromatic heterocycles. The highest BCUT2D eigenvalue weighted by Gasteiger charge is 2.31. The van der Waals surface area contributed by atoms with E-state index >= 15 is 9.59 Å². The normalized spacial score (nSPS) is 12.4. The number of unbranched alkanes of at least 4 members (excludes halogenated alkanes) is 16. The number of carbonyl (C=O) groups is 7. The van der Waals surface area contributed by atoms with Crippen LogP contribution in [0.3, 0.4) is 0 Å². The Balaban J connectivity index is 7.33. The Labute approximate surface area is 497 Å². The zero-order valence-corrected chi connectivity index (χ0v) is 54.9. The van der Waals surface area contributed by atoms with Crippen LogP contribution in [-0.2, 0) is 33.6 Å². The maximum atomic E-state index is 15.2. The summed E-state index contributed by atoms with van der Waals surface area (Å²) in [6.07, 6.45) is 25.5. The molecule has 2 atom stereocenters. The van der Waals surface area contributed by atoms with Gasteiger partial charge in [0.25, 0.3) is 0 Å². The highest BCUT2D eigenvalue weighted by molar-refractivity contribution is 5.92. The second-order valence-electron chi connectivity index (χ2n) is 24.7. The first kappa shape index (κ1) is 77.2. The van der Waals surface area contributed by atoms with E-state index in [2.05, 4.69) is 107 Å². The van der Waals surface area contributed by atoms with Crippen molar-refractivity contribution in [3.63, 3.8) is 0 Å². The van der Waals surface area contributed by atoms with Gasteiger partial charge in [-0.3, -0.25) is 43.4 Å². The minimum Gasteiger partial charge on any atom is -0.368 e. The van der Waals surface area contributed by atoms with Crippen LogP contribution in [0.4, 0.5) is 0 Å². The fourth-order valence-electron chi connectivity index (χ4n) is 11.1. The molecule has 0 radical (unpaired) electrons. The molecule has 0 rings (SSSR count). The fraction of sp³-hybridized carbons (Fsp3) is 0.892. The summed E-state index contributed by atoms with van der Waals surface area (Å²) in [6, 6.07) is 0.718. The van der Waals surface area contributed by atoms with E-state index in [-0.39, 0.29) is 112 Å². The van der Waals surface area contributed by atoms with Gasteiger partial charge in [0.2, 0.25) is 41.9 Å². The van der Waals surface area contributed by atoms with E-state index in [1.807, 2.05) is 0 Å². The van der Waals surface area contributed by atoms with Crippen molar-refractivity contribution in [1.82, 2.24) is 39.2 Å². The summed E-state index contributed by atoms with van der Waals surface area (Å²) in [5.41, 5.74) is 5.74. The van der Waals surface area contributed by atoms with E-state index in [1.165, 1.54) is 61.2 Å². The maximum absolute atomic E-state index is 15.2. The van der Waals surface area contributed by atoms with E-state index in [4.69, 9.17) is 5.73 Å². The van der Waals surface area contributed by atoms with Crippen molar-refractivity contribution in [2.24, 2.45) is 17.6 Å². The first-order valence-corrected chi connectivity index (χ1v) is 33.0. The largest absolute Gasteiger partial charge is 0.368 e. The molecule has 0 aromatic rings. The van der Waals surface area contributed by atoms with Crippen LogP contribution in [0.15, 0.2) is 0 Å². The Morgan fingerprint density at radius 2 is 0.642 bits per heavy atom. The van der Waals surface area contributed by atoms with Crippen LogP contribution in [0.2, 0.25) is 0 Å². The molecular weight excluding hydrogens is 1020 g/mol. The Morgan fingerprint density at radius 1 is 0.346 bits per heavy atom. The van der Waals surface area contributed by atoms with Crippen LogP contribution in [0.1, 0.15) is 251 Å². The van der Waals surface area contributed by atoms with Crippen molar-refractivity contribution in [3.05, 3.63) is 0 Å². The minimum absolute atomic E-state index is 0.0932. The SMILES string of the molecule is CCCCCCCCCCN(C=O)CC(=O)N(CC(=O)N(CCCCCCCCCC)CC(=O)N(CC(=O)N(CCN(C(C)C)C(C)C)CC(=O)N(CCN(C(C)C)C(C)C)CC(N)=O)CC(CC)CCCC)CC(CC)CCCC. The highest BCUT2D eigenvalue weighted by Crippen LogP contribution is 2.19. The molecule has 0 aliphatic rings. The third kappa shape index (κ3) is 35.8. The van der Waals surface area contributed by atoms with E-state index in [1.54, 1.807) is 19.6 Å². The molecule has 7 amide bonds. The van der Waals surface area contributed by atoms with E-state index < -0.39 is 11.8 Å². The molecule has 0 aromatic carbocycles. The smallest absolute Gasteiger partial charge is 0.242 e. The summed E-state index contributed by atoms with van der Waals surface area (Å²) in [6.45, 7) is 31.2. The average Bonchev–Trinajstić information content (AvgIpc) is 3.42. The molecule has 16 heteroatoms. The van der Waals surface area contributed by atoms with Gasteiger partial charge in [0.1, 0.15) is 0 Å². The second-order valence-corrected chi connectivity index (χ2v) is 24.7. The van der Waals surface area contributed by atoms with E-state index in [9.17, 15) is 24.0 Å². The third-order valence-corrected chi connectivity index (χ3v) is 16.4. The number of nitrogens with two attached hydrogens (primary N) is 1. The number of nitrogens with zero attached hydrogens (tertiary/aromatic N) is 8. The van der Waals surface area contributed by atoms with Crippen molar-refractivity contribution in [1.29, 1.82) is 0 Å². The molecule has 0 spiro atoms. The van der Waals surface area contributed by atoms with Gasteiger partial charge in [-0.25, -0.2) is 0 Å². The predicted octanol–water partition coefficient (Wildman–Crippen LogP) is 11.0. The zero-order chi connectivity index (χ0) is 61.1. The average molecular weight is 1150 g/mol. The number of amides is 7. The van der Waals surface area contributed by atoms with Crippen LogP contribution >= 0.6 is 0 Å². The predicted molar refractivity (Wildman–Crippen MR) is 336 cm³/mol. The minimum atomic E-state index is -0.639. The number of rotatable bonds is 53. The topological polar surface area (TPSA) is 171 Å². The number of hydrogen-bond acceptors (Lipinski definition) is 9. The summed E-state index contributed by atoms with van der Waals surface area (Å²) < 4.78 is 0. The van der Waals surface area contributed by atoms with Gasteiger partial charge in [-0.15, -0.1) is 0 Å². The third-order valence-electron chi connectivity index (χ3n) is 16.4. The lowest BCUT2D eigenvalue weighted by molar-refractivity contribution is -0.148. The van der Waals surface area contributed by atoms with Gasteiger partial charge in [-0.1, -0.05) is 170 Å². The first-order chi connectivity index (χ1) is 38.6. The molecule has 2 N–H and O–H groups in total. The zero-order valence-electron chi connectivity index (χ0n) is 54.9. The Hall–Kier alpha value is -3.79. The van der Waals surface area contributed by atoms with Crippen LogP contribution < -0.4 is 5.73 Å². The summed E-state index contributed by atoms with van der Waals surface area (Å²) in [4.78, 5) is 113. The van der Waals surface area contributed by atoms with Gasteiger partial charge in [-0.05, 0) is 92.9 Å². The Kier molecular flexibility index (Phi) is 45.3. The number of hydrogen-bond donors (Lipinski definition) is 1. The molecule has 0 saturated carbocycles. The molecular formula is C65H127N9O7.